The van der Waals surface area contributed by atoms with E-state index in [0.29, 0.717) is 0 Å². The average Bonchev–Trinajstić information content (AvgIpc) is 2.79. The summed E-state index contributed by atoms with van der Waals surface area (Å²) in [6.07, 6.45) is 5.49. The summed E-state index contributed by atoms with van der Waals surface area (Å²) in [6.45, 7) is 8.09. The van der Waals surface area contributed by atoms with Crippen molar-refractivity contribution in [3.63, 3.8) is 0 Å². The molecule has 0 fully saturated rings. The monoisotopic (exact) mass is 265 g/mol. The zero-order valence-electron chi connectivity index (χ0n) is 11.5. The number of hydrogen-bond donors (Lipinski definition) is 1. The van der Waals surface area contributed by atoms with Crippen molar-refractivity contribution in [1.82, 2.24) is 19.6 Å². The lowest BCUT2D eigenvalue weighted by molar-refractivity contribution is 0.960. The molecule has 3 heterocycles. The predicted octanol–water partition coefficient (Wildman–Crippen LogP) is 2.38. The first-order chi connectivity index (χ1) is 9.56. The van der Waals surface area contributed by atoms with Crippen LogP contribution in [-0.4, -0.2) is 19.6 Å². The lowest BCUT2D eigenvalue weighted by atomic mass is 10.00. The van der Waals surface area contributed by atoms with Crippen LogP contribution >= 0.6 is 0 Å². The van der Waals surface area contributed by atoms with Crippen molar-refractivity contribution in [1.29, 1.82) is 0 Å². The minimum absolute atomic E-state index is 0.279. The molecule has 0 aliphatic heterocycles. The van der Waals surface area contributed by atoms with Crippen LogP contribution in [0.25, 0.3) is 11.1 Å². The van der Waals surface area contributed by atoms with Crippen LogP contribution in [0, 0.1) is 13.8 Å². The fraction of sp³-hybridized carbons (Fsp3) is 0.133. The standard InChI is InChI=1S/C15H15N5/c1-9-7-18-20-5-4-12(6-14(9)20)10(2)13-8-17-15(16)19-11(13)3/h4-8H,2H2,1,3H3,(H2,16,17,19). The van der Waals surface area contributed by atoms with Crippen molar-refractivity contribution in [2.24, 2.45) is 0 Å². The first-order valence-corrected chi connectivity index (χ1v) is 6.29. The van der Waals surface area contributed by atoms with Gasteiger partial charge < -0.3 is 5.73 Å². The van der Waals surface area contributed by atoms with Gasteiger partial charge in [-0.2, -0.15) is 5.10 Å². The van der Waals surface area contributed by atoms with Gasteiger partial charge in [0.05, 0.1) is 17.4 Å². The van der Waals surface area contributed by atoms with E-state index in [1.54, 1.807) is 6.20 Å². The molecule has 0 saturated carbocycles. The molecule has 0 radical (unpaired) electrons. The number of aryl methyl sites for hydroxylation is 2. The molecule has 5 heteroatoms. The van der Waals surface area contributed by atoms with Crippen molar-refractivity contribution in [3.05, 3.63) is 59.7 Å². The highest BCUT2D eigenvalue weighted by Gasteiger charge is 2.09. The summed E-state index contributed by atoms with van der Waals surface area (Å²) < 4.78 is 1.85. The molecule has 0 spiro atoms. The van der Waals surface area contributed by atoms with Crippen molar-refractivity contribution in [2.45, 2.75) is 13.8 Å². The number of pyridine rings is 1. The summed E-state index contributed by atoms with van der Waals surface area (Å²) in [6, 6.07) is 4.05. The molecule has 100 valence electrons. The van der Waals surface area contributed by atoms with E-state index in [1.807, 2.05) is 36.8 Å². The summed E-state index contributed by atoms with van der Waals surface area (Å²) in [5.41, 5.74) is 11.4. The van der Waals surface area contributed by atoms with Gasteiger partial charge in [0.15, 0.2) is 0 Å². The Balaban J connectivity index is 2.09. The van der Waals surface area contributed by atoms with Gasteiger partial charge >= 0.3 is 0 Å². The quantitative estimate of drug-likeness (QED) is 0.772. The maximum Gasteiger partial charge on any atom is 0.220 e. The zero-order chi connectivity index (χ0) is 14.3. The van der Waals surface area contributed by atoms with E-state index in [1.165, 1.54) is 0 Å². The normalized spacial score (nSPS) is 10.9. The molecule has 3 aromatic heterocycles. The highest BCUT2D eigenvalue weighted by molar-refractivity contribution is 5.80. The maximum atomic E-state index is 5.58. The molecule has 0 unspecified atom stereocenters. The Morgan fingerprint density at radius 1 is 1.30 bits per heavy atom. The predicted molar refractivity (Wildman–Crippen MR) is 79.2 cm³/mol. The second-order valence-corrected chi connectivity index (χ2v) is 4.78. The fourth-order valence-corrected chi connectivity index (χ4v) is 2.23. The van der Waals surface area contributed by atoms with Gasteiger partial charge in [-0.3, -0.25) is 0 Å². The third-order valence-electron chi connectivity index (χ3n) is 3.39. The van der Waals surface area contributed by atoms with Crippen LogP contribution in [0.1, 0.15) is 22.4 Å². The van der Waals surface area contributed by atoms with Gasteiger partial charge in [0.25, 0.3) is 0 Å². The maximum absolute atomic E-state index is 5.58. The van der Waals surface area contributed by atoms with Gasteiger partial charge in [-0.25, -0.2) is 14.5 Å². The first kappa shape index (κ1) is 12.3. The molecule has 3 aromatic rings. The van der Waals surface area contributed by atoms with Crippen LogP contribution in [0.15, 0.2) is 37.3 Å². The third-order valence-corrected chi connectivity index (χ3v) is 3.39. The smallest absolute Gasteiger partial charge is 0.220 e. The van der Waals surface area contributed by atoms with Crippen LogP contribution in [0.5, 0.6) is 0 Å². The molecule has 0 aromatic carbocycles. The molecule has 0 saturated heterocycles. The van der Waals surface area contributed by atoms with Crippen LogP contribution in [0.2, 0.25) is 0 Å². The average molecular weight is 265 g/mol. The van der Waals surface area contributed by atoms with Gasteiger partial charge in [0.1, 0.15) is 0 Å². The summed E-state index contributed by atoms with van der Waals surface area (Å²) in [5, 5.41) is 4.27. The van der Waals surface area contributed by atoms with Crippen molar-refractivity contribution in [3.8, 4) is 0 Å². The van der Waals surface area contributed by atoms with Crippen molar-refractivity contribution < 1.29 is 0 Å². The Bertz CT molecular complexity index is 816. The van der Waals surface area contributed by atoms with Crippen LogP contribution in [0.3, 0.4) is 0 Å². The number of anilines is 1. The molecule has 3 rings (SSSR count). The number of nitrogen functional groups attached to an aromatic ring is 1. The van der Waals surface area contributed by atoms with E-state index in [2.05, 4.69) is 27.7 Å². The molecular formula is C15H15N5. The highest BCUT2D eigenvalue weighted by atomic mass is 15.2. The van der Waals surface area contributed by atoms with E-state index in [4.69, 9.17) is 5.73 Å². The molecule has 20 heavy (non-hydrogen) atoms. The van der Waals surface area contributed by atoms with Gasteiger partial charge in [-0.05, 0) is 42.7 Å². The van der Waals surface area contributed by atoms with Gasteiger partial charge in [0.2, 0.25) is 5.95 Å². The lowest BCUT2D eigenvalue weighted by Crippen LogP contribution is -2.01. The molecule has 0 aliphatic carbocycles. The SMILES string of the molecule is C=C(c1ccn2ncc(C)c2c1)c1cnc(N)nc1C. The largest absolute Gasteiger partial charge is 0.368 e. The van der Waals surface area contributed by atoms with E-state index >= 15 is 0 Å². The molecule has 0 aliphatic rings. The Labute approximate surface area is 116 Å². The van der Waals surface area contributed by atoms with Crippen molar-refractivity contribution >= 4 is 17.0 Å². The van der Waals surface area contributed by atoms with Crippen LogP contribution < -0.4 is 5.73 Å². The zero-order valence-corrected chi connectivity index (χ0v) is 11.5. The Morgan fingerprint density at radius 2 is 2.10 bits per heavy atom. The molecule has 0 amide bonds. The Hall–Kier alpha value is -2.69. The van der Waals surface area contributed by atoms with Gasteiger partial charge in [-0.15, -0.1) is 0 Å². The van der Waals surface area contributed by atoms with E-state index in [-0.39, 0.29) is 5.95 Å². The lowest BCUT2D eigenvalue weighted by Gasteiger charge is -2.09. The molecule has 0 bridgehead atoms. The molecule has 5 nitrogen and oxygen atoms in total. The minimum Gasteiger partial charge on any atom is -0.368 e. The number of aromatic nitrogens is 4. The van der Waals surface area contributed by atoms with Crippen LogP contribution in [-0.2, 0) is 0 Å². The minimum atomic E-state index is 0.279. The van der Waals surface area contributed by atoms with Crippen molar-refractivity contribution in [2.75, 3.05) is 5.73 Å². The molecule has 0 atom stereocenters. The number of nitrogens with zero attached hydrogens (tertiary/aromatic N) is 4. The first-order valence-electron chi connectivity index (χ1n) is 6.29. The number of nitrogens with two attached hydrogens (primary N) is 1. The van der Waals surface area contributed by atoms with E-state index in [9.17, 15) is 0 Å². The number of hydrogen-bond acceptors (Lipinski definition) is 4. The third kappa shape index (κ3) is 1.93. The topological polar surface area (TPSA) is 69.1 Å². The Kier molecular flexibility index (Phi) is 2.75. The molecular weight excluding hydrogens is 250 g/mol. The van der Waals surface area contributed by atoms with E-state index in [0.717, 1.165) is 33.5 Å². The highest BCUT2D eigenvalue weighted by Crippen LogP contribution is 2.25. The summed E-state index contributed by atoms with van der Waals surface area (Å²) >= 11 is 0. The summed E-state index contributed by atoms with van der Waals surface area (Å²) in [7, 11) is 0. The summed E-state index contributed by atoms with van der Waals surface area (Å²) in [4.78, 5) is 8.22. The number of fused-ring (bicyclic) bond motifs is 1. The second kappa shape index (κ2) is 4.45. The fourth-order valence-electron chi connectivity index (χ4n) is 2.23. The van der Waals surface area contributed by atoms with Crippen LogP contribution in [0.4, 0.5) is 5.95 Å². The summed E-state index contributed by atoms with van der Waals surface area (Å²) in [5.74, 6) is 0.279. The van der Waals surface area contributed by atoms with E-state index < -0.39 is 0 Å². The second-order valence-electron chi connectivity index (χ2n) is 4.78. The molecule has 2 N–H and O–H groups in total. The van der Waals surface area contributed by atoms with Gasteiger partial charge in [-0.1, -0.05) is 6.58 Å². The Morgan fingerprint density at radius 3 is 2.85 bits per heavy atom. The number of rotatable bonds is 2. The van der Waals surface area contributed by atoms with Gasteiger partial charge in [0, 0.05) is 18.0 Å².